The molecule has 0 saturated carbocycles. The Balaban J connectivity index is 1.95. The van der Waals surface area contributed by atoms with Crippen LogP contribution >= 0.6 is 11.3 Å². The lowest BCUT2D eigenvalue weighted by Gasteiger charge is -2.11. The van der Waals surface area contributed by atoms with Crippen molar-refractivity contribution in [3.63, 3.8) is 0 Å². The lowest BCUT2D eigenvalue weighted by Crippen LogP contribution is -2.07. The number of fused-ring (bicyclic) bond motifs is 1. The summed E-state index contributed by atoms with van der Waals surface area (Å²) in [5, 5.41) is 14.1. The molecular weight excluding hydrogens is 282 g/mol. The number of rotatable bonds is 4. The van der Waals surface area contributed by atoms with E-state index in [-0.39, 0.29) is 0 Å². The fourth-order valence-electron chi connectivity index (χ4n) is 2.17. The Labute approximate surface area is 128 Å². The van der Waals surface area contributed by atoms with Crippen LogP contribution in [0.4, 0.5) is 5.69 Å². The zero-order chi connectivity index (χ0) is 15.0. The van der Waals surface area contributed by atoms with Crippen LogP contribution in [0.5, 0.6) is 0 Å². The minimum absolute atomic E-state index is 0.543. The van der Waals surface area contributed by atoms with Crippen molar-refractivity contribution >= 4 is 22.0 Å². The summed E-state index contributed by atoms with van der Waals surface area (Å²) in [4.78, 5) is 2.95. The molecule has 0 aliphatic carbocycles. The fourth-order valence-corrected chi connectivity index (χ4v) is 3.03. The molecule has 0 saturated heterocycles. The summed E-state index contributed by atoms with van der Waals surface area (Å²) in [6, 6.07) is 8.41. The lowest BCUT2D eigenvalue weighted by atomic mass is 10.1. The van der Waals surface area contributed by atoms with Gasteiger partial charge in [-0.25, -0.2) is 0 Å². The van der Waals surface area contributed by atoms with Crippen molar-refractivity contribution in [2.24, 2.45) is 5.92 Å². The molecule has 0 N–H and O–H groups in total. The molecule has 3 rings (SSSR count). The maximum absolute atomic E-state index is 4.67. The first-order chi connectivity index (χ1) is 10.0. The van der Waals surface area contributed by atoms with Crippen molar-refractivity contribution < 1.29 is 0 Å². The van der Waals surface area contributed by atoms with E-state index < -0.39 is 0 Å². The van der Waals surface area contributed by atoms with Crippen LogP contribution in [0.25, 0.3) is 15.5 Å². The van der Waals surface area contributed by atoms with Crippen LogP contribution in [-0.4, -0.2) is 33.9 Å². The molecule has 110 valence electrons. The van der Waals surface area contributed by atoms with Gasteiger partial charge >= 0.3 is 0 Å². The van der Waals surface area contributed by atoms with E-state index in [4.69, 9.17) is 0 Å². The van der Waals surface area contributed by atoms with Gasteiger partial charge in [0.15, 0.2) is 5.82 Å². The van der Waals surface area contributed by atoms with Gasteiger partial charge in [0.1, 0.15) is 5.01 Å². The van der Waals surface area contributed by atoms with E-state index in [1.54, 1.807) is 11.3 Å². The van der Waals surface area contributed by atoms with Gasteiger partial charge < -0.3 is 4.90 Å². The summed E-state index contributed by atoms with van der Waals surface area (Å²) in [5.74, 6) is 1.48. The van der Waals surface area contributed by atoms with E-state index in [1.807, 2.05) is 18.6 Å². The second-order valence-corrected chi connectivity index (χ2v) is 6.71. The third-order valence-corrected chi connectivity index (χ3v) is 4.22. The molecule has 5 nitrogen and oxygen atoms in total. The SMILES string of the molecule is CC(C)Cc1nnc2sc(-c3ccc(N(C)C)cc3)nn12. The molecule has 0 unspecified atom stereocenters. The molecule has 2 heterocycles. The monoisotopic (exact) mass is 301 g/mol. The molecule has 21 heavy (non-hydrogen) atoms. The normalized spacial score (nSPS) is 11.5. The number of hydrogen-bond acceptors (Lipinski definition) is 5. The molecule has 3 aromatic rings. The molecule has 0 aliphatic heterocycles. The quantitative estimate of drug-likeness (QED) is 0.743. The summed E-state index contributed by atoms with van der Waals surface area (Å²) < 4.78 is 1.87. The average molecular weight is 301 g/mol. The van der Waals surface area contributed by atoms with Crippen LogP contribution in [0.3, 0.4) is 0 Å². The average Bonchev–Trinajstić information content (AvgIpc) is 3.00. The summed E-state index contributed by atoms with van der Waals surface area (Å²) in [6.07, 6.45) is 0.893. The number of anilines is 1. The minimum Gasteiger partial charge on any atom is -0.378 e. The zero-order valence-corrected chi connectivity index (χ0v) is 13.6. The Kier molecular flexibility index (Phi) is 3.63. The Morgan fingerprint density at radius 3 is 2.48 bits per heavy atom. The van der Waals surface area contributed by atoms with Crippen molar-refractivity contribution in [1.29, 1.82) is 0 Å². The molecule has 0 spiro atoms. The van der Waals surface area contributed by atoms with Crippen LogP contribution in [0.1, 0.15) is 19.7 Å². The van der Waals surface area contributed by atoms with Crippen LogP contribution in [0.2, 0.25) is 0 Å². The number of aromatic nitrogens is 4. The molecule has 0 radical (unpaired) electrons. The first kappa shape index (κ1) is 14.0. The third kappa shape index (κ3) is 2.76. The minimum atomic E-state index is 0.543. The van der Waals surface area contributed by atoms with Gasteiger partial charge in [0.05, 0.1) is 0 Å². The van der Waals surface area contributed by atoms with Gasteiger partial charge in [-0.2, -0.15) is 9.61 Å². The molecule has 0 aliphatic rings. The maximum Gasteiger partial charge on any atom is 0.234 e. The van der Waals surface area contributed by atoms with Crippen LogP contribution in [-0.2, 0) is 6.42 Å². The van der Waals surface area contributed by atoms with E-state index in [0.717, 1.165) is 27.8 Å². The fraction of sp³-hybridized carbons (Fsp3) is 0.400. The van der Waals surface area contributed by atoms with E-state index in [2.05, 4.69) is 58.3 Å². The van der Waals surface area contributed by atoms with Gasteiger partial charge in [-0.1, -0.05) is 25.2 Å². The van der Waals surface area contributed by atoms with Crippen LogP contribution in [0.15, 0.2) is 24.3 Å². The largest absolute Gasteiger partial charge is 0.378 e. The molecule has 0 atom stereocenters. The summed E-state index contributed by atoms with van der Waals surface area (Å²) in [7, 11) is 4.08. The Bertz CT molecular complexity index is 739. The molecule has 0 bridgehead atoms. The molecule has 1 aromatic carbocycles. The standard InChI is InChI=1S/C15H19N5S/c1-10(2)9-13-16-17-15-20(13)18-14(21-15)11-5-7-12(8-6-11)19(3)4/h5-8,10H,9H2,1-4H3. The van der Waals surface area contributed by atoms with Gasteiger partial charge in [0, 0.05) is 31.8 Å². The topological polar surface area (TPSA) is 46.3 Å². The Morgan fingerprint density at radius 1 is 1.14 bits per heavy atom. The third-order valence-electron chi connectivity index (χ3n) is 3.28. The van der Waals surface area contributed by atoms with E-state index in [0.29, 0.717) is 5.92 Å². The molecular formula is C15H19N5S. The number of benzene rings is 1. The predicted molar refractivity (Wildman–Crippen MR) is 87.0 cm³/mol. The first-order valence-electron chi connectivity index (χ1n) is 7.03. The highest BCUT2D eigenvalue weighted by molar-refractivity contribution is 7.19. The second-order valence-electron chi connectivity index (χ2n) is 5.76. The summed E-state index contributed by atoms with van der Waals surface area (Å²) in [5.41, 5.74) is 2.30. The number of hydrogen-bond donors (Lipinski definition) is 0. The predicted octanol–water partition coefficient (Wildman–Crippen LogP) is 3.12. The molecule has 2 aromatic heterocycles. The van der Waals surface area contributed by atoms with Crippen molar-refractivity contribution in [1.82, 2.24) is 19.8 Å². The molecule has 0 fully saturated rings. The van der Waals surface area contributed by atoms with Crippen molar-refractivity contribution in [2.45, 2.75) is 20.3 Å². The van der Waals surface area contributed by atoms with Gasteiger partial charge in [0.2, 0.25) is 4.96 Å². The molecule has 0 amide bonds. The Morgan fingerprint density at radius 2 is 1.86 bits per heavy atom. The highest BCUT2D eigenvalue weighted by Gasteiger charge is 2.13. The van der Waals surface area contributed by atoms with Gasteiger partial charge in [-0.3, -0.25) is 0 Å². The Hall–Kier alpha value is -1.95. The number of nitrogens with zero attached hydrogens (tertiary/aromatic N) is 5. The van der Waals surface area contributed by atoms with E-state index in [9.17, 15) is 0 Å². The smallest absolute Gasteiger partial charge is 0.234 e. The van der Waals surface area contributed by atoms with Crippen molar-refractivity contribution in [3.8, 4) is 10.6 Å². The van der Waals surface area contributed by atoms with Crippen molar-refractivity contribution in [2.75, 3.05) is 19.0 Å². The van der Waals surface area contributed by atoms with Gasteiger partial charge in [-0.05, 0) is 30.2 Å². The highest BCUT2D eigenvalue weighted by atomic mass is 32.1. The van der Waals surface area contributed by atoms with Gasteiger partial charge in [-0.15, -0.1) is 10.2 Å². The van der Waals surface area contributed by atoms with Crippen molar-refractivity contribution in [3.05, 3.63) is 30.1 Å². The molecule has 6 heteroatoms. The first-order valence-corrected chi connectivity index (χ1v) is 7.85. The maximum atomic E-state index is 4.67. The summed E-state index contributed by atoms with van der Waals surface area (Å²) in [6.45, 7) is 4.35. The summed E-state index contributed by atoms with van der Waals surface area (Å²) >= 11 is 1.58. The van der Waals surface area contributed by atoms with Gasteiger partial charge in [0.25, 0.3) is 0 Å². The highest BCUT2D eigenvalue weighted by Crippen LogP contribution is 2.27. The zero-order valence-electron chi connectivity index (χ0n) is 12.7. The van der Waals surface area contributed by atoms with E-state index in [1.165, 1.54) is 5.69 Å². The second kappa shape index (κ2) is 5.44. The lowest BCUT2D eigenvalue weighted by molar-refractivity contribution is 0.607. The van der Waals surface area contributed by atoms with Crippen LogP contribution in [0, 0.1) is 5.92 Å². The van der Waals surface area contributed by atoms with Crippen LogP contribution < -0.4 is 4.90 Å². The van der Waals surface area contributed by atoms with E-state index >= 15 is 0 Å².